The maximum Gasteiger partial charge on any atom is 0.191 e. The van der Waals surface area contributed by atoms with Gasteiger partial charge in [-0.15, -0.1) is 0 Å². The van der Waals surface area contributed by atoms with Gasteiger partial charge in [-0.1, -0.05) is 35.9 Å². The maximum absolute atomic E-state index is 4.74. The van der Waals surface area contributed by atoms with Crippen molar-refractivity contribution in [1.29, 1.82) is 0 Å². The van der Waals surface area contributed by atoms with Crippen LogP contribution in [-0.4, -0.2) is 33.8 Å². The van der Waals surface area contributed by atoms with Crippen molar-refractivity contribution in [3.8, 4) is 0 Å². The van der Waals surface area contributed by atoms with Gasteiger partial charge in [-0.2, -0.15) is 5.10 Å². The molecule has 2 N–H and O–H groups in total. The van der Waals surface area contributed by atoms with Gasteiger partial charge in [0.05, 0.1) is 13.1 Å². The van der Waals surface area contributed by atoms with Gasteiger partial charge < -0.3 is 10.6 Å². The van der Waals surface area contributed by atoms with E-state index < -0.39 is 0 Å². The highest BCUT2D eigenvalue weighted by Gasteiger charge is 2.04. The van der Waals surface area contributed by atoms with Gasteiger partial charge in [-0.05, 0) is 50.2 Å². The number of nitrogens with one attached hydrogen (secondary N) is 2. The molecule has 1 heterocycles. The summed E-state index contributed by atoms with van der Waals surface area (Å²) in [6.07, 6.45) is 12.0. The monoisotopic (exact) mass is 366 g/mol. The number of allylic oxidation sites excluding steroid dienone is 1. The third-order valence-electron chi connectivity index (χ3n) is 4.69. The fourth-order valence-electron chi connectivity index (χ4n) is 3.31. The second-order valence-electron chi connectivity index (χ2n) is 6.89. The zero-order valence-electron chi connectivity index (χ0n) is 16.2. The van der Waals surface area contributed by atoms with Gasteiger partial charge in [0.25, 0.3) is 0 Å². The summed E-state index contributed by atoms with van der Waals surface area (Å²) < 4.78 is 1.83. The first-order chi connectivity index (χ1) is 13.3. The minimum atomic E-state index is 0.656. The Morgan fingerprint density at radius 3 is 2.93 bits per heavy atom. The molecule has 27 heavy (non-hydrogen) atoms. The lowest BCUT2D eigenvalue weighted by Gasteiger charge is -2.15. The van der Waals surface area contributed by atoms with Crippen molar-refractivity contribution in [1.82, 2.24) is 25.4 Å². The van der Waals surface area contributed by atoms with Gasteiger partial charge in [-0.25, -0.2) is 14.7 Å². The van der Waals surface area contributed by atoms with Gasteiger partial charge in [0.2, 0.25) is 0 Å². The molecular formula is C21H30N6. The number of benzene rings is 1. The molecule has 0 amide bonds. The van der Waals surface area contributed by atoms with Gasteiger partial charge in [0.15, 0.2) is 5.96 Å². The second-order valence-corrected chi connectivity index (χ2v) is 6.89. The van der Waals surface area contributed by atoms with Gasteiger partial charge >= 0.3 is 0 Å². The Bertz CT molecular complexity index is 748. The first-order valence-electron chi connectivity index (χ1n) is 9.94. The number of hydrogen-bond acceptors (Lipinski definition) is 3. The van der Waals surface area contributed by atoms with E-state index in [0.717, 1.165) is 32.0 Å². The van der Waals surface area contributed by atoms with Crippen molar-refractivity contribution < 1.29 is 0 Å². The van der Waals surface area contributed by atoms with E-state index in [1.54, 1.807) is 18.2 Å². The average Bonchev–Trinajstić information content (AvgIpc) is 3.20. The number of aromatic nitrogens is 3. The lowest BCUT2D eigenvalue weighted by atomic mass is 9.97. The highest BCUT2D eigenvalue weighted by atomic mass is 15.3. The molecule has 0 fully saturated rings. The Hall–Kier alpha value is -2.63. The molecule has 6 heteroatoms. The molecule has 1 aromatic carbocycles. The summed E-state index contributed by atoms with van der Waals surface area (Å²) in [5.41, 5.74) is 3.99. The normalized spacial score (nSPS) is 14.7. The Morgan fingerprint density at radius 1 is 1.22 bits per heavy atom. The second kappa shape index (κ2) is 10.5. The maximum atomic E-state index is 4.74. The summed E-state index contributed by atoms with van der Waals surface area (Å²) in [6.45, 7) is 5.28. The number of guanidine groups is 1. The van der Waals surface area contributed by atoms with E-state index in [-0.39, 0.29) is 0 Å². The van der Waals surface area contributed by atoms with Crippen molar-refractivity contribution in [2.75, 3.05) is 13.1 Å². The van der Waals surface area contributed by atoms with Crippen LogP contribution in [0.1, 0.15) is 50.2 Å². The van der Waals surface area contributed by atoms with E-state index in [1.165, 1.54) is 36.8 Å². The fourth-order valence-corrected chi connectivity index (χ4v) is 3.31. The molecule has 2 aromatic rings. The molecule has 144 valence electrons. The highest BCUT2D eigenvalue weighted by molar-refractivity contribution is 5.79. The van der Waals surface area contributed by atoms with E-state index in [2.05, 4.69) is 58.0 Å². The molecule has 1 aliphatic rings. The SMILES string of the molecule is CCNC(=NCc1cccc(Cn2cncn2)c1)NCCC1=CCCCC1. The third-order valence-corrected chi connectivity index (χ3v) is 4.69. The van der Waals surface area contributed by atoms with Crippen LogP contribution in [0, 0.1) is 0 Å². The van der Waals surface area contributed by atoms with Crippen molar-refractivity contribution in [2.24, 2.45) is 4.99 Å². The number of rotatable bonds is 8. The van der Waals surface area contributed by atoms with Crippen LogP contribution in [0.15, 0.2) is 53.6 Å². The summed E-state index contributed by atoms with van der Waals surface area (Å²) in [6, 6.07) is 8.48. The van der Waals surface area contributed by atoms with Crippen LogP contribution in [0.2, 0.25) is 0 Å². The van der Waals surface area contributed by atoms with E-state index in [1.807, 2.05) is 4.68 Å². The topological polar surface area (TPSA) is 67.1 Å². The van der Waals surface area contributed by atoms with Crippen LogP contribution in [0.4, 0.5) is 0 Å². The Labute approximate surface area is 161 Å². The largest absolute Gasteiger partial charge is 0.357 e. The van der Waals surface area contributed by atoms with Crippen molar-refractivity contribution >= 4 is 5.96 Å². The Morgan fingerprint density at radius 2 is 2.15 bits per heavy atom. The van der Waals surface area contributed by atoms with Crippen LogP contribution >= 0.6 is 0 Å². The standard InChI is InChI=1S/C21H30N6/c1-2-23-21(24-12-11-18-7-4-3-5-8-18)25-14-19-9-6-10-20(13-19)15-27-17-22-16-26-27/h6-7,9-10,13,16-17H,2-5,8,11-12,14-15H2,1H3,(H2,23,24,25). The van der Waals surface area contributed by atoms with Crippen LogP contribution in [0.5, 0.6) is 0 Å². The van der Waals surface area contributed by atoms with Crippen LogP contribution in [0.25, 0.3) is 0 Å². The average molecular weight is 367 g/mol. The first-order valence-corrected chi connectivity index (χ1v) is 9.94. The molecule has 1 aromatic heterocycles. The number of aliphatic imine (C=N–C) groups is 1. The molecule has 6 nitrogen and oxygen atoms in total. The van der Waals surface area contributed by atoms with E-state index in [0.29, 0.717) is 6.54 Å². The van der Waals surface area contributed by atoms with Crippen molar-refractivity contribution in [2.45, 2.75) is 52.1 Å². The summed E-state index contributed by atoms with van der Waals surface area (Å²) in [4.78, 5) is 8.74. The van der Waals surface area contributed by atoms with Crippen LogP contribution in [0.3, 0.4) is 0 Å². The minimum Gasteiger partial charge on any atom is -0.357 e. The molecule has 0 unspecified atom stereocenters. The summed E-state index contributed by atoms with van der Waals surface area (Å²) in [5, 5.41) is 11.0. The first kappa shape index (κ1) is 19.1. The molecule has 0 aliphatic heterocycles. The Balaban J connectivity index is 1.53. The number of hydrogen-bond donors (Lipinski definition) is 2. The van der Waals surface area contributed by atoms with Gasteiger partial charge in [0.1, 0.15) is 12.7 Å². The third kappa shape index (κ3) is 6.55. The molecule has 1 aliphatic carbocycles. The zero-order chi connectivity index (χ0) is 18.7. The van der Waals surface area contributed by atoms with Gasteiger partial charge in [-0.3, -0.25) is 0 Å². The molecule has 0 atom stereocenters. The molecule has 0 saturated carbocycles. The molecule has 3 rings (SSSR count). The summed E-state index contributed by atoms with van der Waals surface area (Å²) >= 11 is 0. The van der Waals surface area contributed by atoms with Gasteiger partial charge in [0, 0.05) is 13.1 Å². The molecule has 0 spiro atoms. The quantitative estimate of drug-likeness (QED) is 0.427. The van der Waals surface area contributed by atoms with E-state index >= 15 is 0 Å². The molecule has 0 bridgehead atoms. The lowest BCUT2D eigenvalue weighted by molar-refractivity contribution is 0.665. The predicted molar refractivity (Wildman–Crippen MR) is 110 cm³/mol. The van der Waals surface area contributed by atoms with E-state index in [4.69, 9.17) is 4.99 Å². The van der Waals surface area contributed by atoms with Crippen molar-refractivity contribution in [3.05, 3.63) is 59.7 Å². The van der Waals surface area contributed by atoms with E-state index in [9.17, 15) is 0 Å². The highest BCUT2D eigenvalue weighted by Crippen LogP contribution is 2.19. The summed E-state index contributed by atoms with van der Waals surface area (Å²) in [7, 11) is 0. The summed E-state index contributed by atoms with van der Waals surface area (Å²) in [5.74, 6) is 0.885. The van der Waals surface area contributed by atoms with Crippen LogP contribution in [-0.2, 0) is 13.1 Å². The molecular weight excluding hydrogens is 336 g/mol. The Kier molecular flexibility index (Phi) is 7.45. The number of nitrogens with zero attached hydrogens (tertiary/aromatic N) is 4. The molecule has 0 saturated heterocycles. The van der Waals surface area contributed by atoms with Crippen molar-refractivity contribution in [3.63, 3.8) is 0 Å². The zero-order valence-corrected chi connectivity index (χ0v) is 16.2. The fraction of sp³-hybridized carbons (Fsp3) is 0.476. The lowest BCUT2D eigenvalue weighted by Crippen LogP contribution is -2.37. The smallest absolute Gasteiger partial charge is 0.191 e. The van der Waals surface area contributed by atoms with Crippen LogP contribution < -0.4 is 10.6 Å². The minimum absolute atomic E-state index is 0.656. The molecule has 0 radical (unpaired) electrons. The predicted octanol–water partition coefficient (Wildman–Crippen LogP) is 3.27.